The predicted octanol–water partition coefficient (Wildman–Crippen LogP) is 10.6. The number of nitrogens with zero attached hydrogens (tertiary/aromatic N) is 1. The van der Waals surface area contributed by atoms with E-state index in [0.717, 1.165) is 23.0 Å². The van der Waals surface area contributed by atoms with Gasteiger partial charge in [0.25, 0.3) is 0 Å². The first-order valence-electron chi connectivity index (χ1n) is 14.6. The number of benzene rings is 4. The van der Waals surface area contributed by atoms with Gasteiger partial charge in [-0.25, -0.2) is 4.98 Å². The summed E-state index contributed by atoms with van der Waals surface area (Å²) in [6, 6.07) is 37.1. The highest BCUT2D eigenvalue weighted by molar-refractivity contribution is 5.99. The number of pyridine rings is 1. The first-order valence-corrected chi connectivity index (χ1v) is 14.6. The lowest BCUT2D eigenvalue weighted by molar-refractivity contribution is 0.528. The van der Waals surface area contributed by atoms with E-state index in [1.807, 2.05) is 6.20 Å². The van der Waals surface area contributed by atoms with Crippen molar-refractivity contribution in [1.82, 2.24) is 9.97 Å². The molecule has 0 radical (unpaired) electrons. The standard InChI is InChI=1S/C40H30N2/c1-40-21-6-5-11-33(40)24-32(19-22-40)37-26-36(35-18-17-31(25-38(35)42-37)27-8-3-2-4-9-27)29-15-13-28(14-16-29)34-12-7-10-30-20-23-41-39(30)34/h2-21,23-26,41H,22H2,1H3. The van der Waals surface area contributed by atoms with E-state index in [9.17, 15) is 0 Å². The Morgan fingerprint density at radius 3 is 2.38 bits per heavy atom. The highest BCUT2D eigenvalue weighted by Gasteiger charge is 2.28. The summed E-state index contributed by atoms with van der Waals surface area (Å²) in [6.45, 7) is 2.31. The third-order valence-corrected chi connectivity index (χ3v) is 8.87. The second-order valence-corrected chi connectivity index (χ2v) is 11.6. The summed E-state index contributed by atoms with van der Waals surface area (Å²) in [5, 5.41) is 2.39. The Bertz CT molecular complexity index is 2100. The van der Waals surface area contributed by atoms with Gasteiger partial charge in [0.05, 0.1) is 16.7 Å². The molecule has 0 saturated carbocycles. The summed E-state index contributed by atoms with van der Waals surface area (Å²) < 4.78 is 0. The van der Waals surface area contributed by atoms with E-state index in [0.29, 0.717) is 0 Å². The molecule has 6 aromatic rings. The molecule has 2 aromatic heterocycles. The first kappa shape index (κ1) is 24.6. The Morgan fingerprint density at radius 2 is 1.52 bits per heavy atom. The molecule has 1 unspecified atom stereocenters. The molecular formula is C40H30N2. The van der Waals surface area contributed by atoms with Gasteiger partial charge >= 0.3 is 0 Å². The van der Waals surface area contributed by atoms with Crippen LogP contribution in [0.4, 0.5) is 0 Å². The fraction of sp³-hybridized carbons (Fsp3) is 0.0750. The zero-order chi connectivity index (χ0) is 28.1. The lowest BCUT2D eigenvalue weighted by Crippen LogP contribution is -2.19. The SMILES string of the molecule is CC12C=CC=CC1=CC(c1cc(-c3ccc(-c4cccc5cc[nH]c45)cc3)c3ccc(-c4ccccc4)cc3n1)=CC2. The maximum atomic E-state index is 5.27. The summed E-state index contributed by atoms with van der Waals surface area (Å²) in [4.78, 5) is 8.68. The Hall–Kier alpha value is -5.21. The normalized spacial score (nSPS) is 17.7. The van der Waals surface area contributed by atoms with Gasteiger partial charge in [0, 0.05) is 22.6 Å². The fourth-order valence-electron chi connectivity index (χ4n) is 6.42. The molecule has 2 heterocycles. The third-order valence-electron chi connectivity index (χ3n) is 8.87. The van der Waals surface area contributed by atoms with Crippen molar-refractivity contribution in [2.24, 2.45) is 5.41 Å². The smallest absolute Gasteiger partial charge is 0.0721 e. The van der Waals surface area contributed by atoms with Crippen molar-refractivity contribution in [3.05, 3.63) is 157 Å². The molecule has 0 saturated heterocycles. The van der Waals surface area contributed by atoms with Crippen molar-refractivity contribution in [3.8, 4) is 33.4 Å². The largest absolute Gasteiger partial charge is 0.361 e. The van der Waals surface area contributed by atoms with Gasteiger partial charge in [0.1, 0.15) is 0 Å². The van der Waals surface area contributed by atoms with Crippen LogP contribution in [0.3, 0.4) is 0 Å². The summed E-state index contributed by atoms with van der Waals surface area (Å²) in [7, 11) is 0. The van der Waals surface area contributed by atoms with Crippen LogP contribution in [0.2, 0.25) is 0 Å². The van der Waals surface area contributed by atoms with Crippen LogP contribution in [0.15, 0.2) is 151 Å². The maximum absolute atomic E-state index is 5.27. The molecule has 1 N–H and O–H groups in total. The summed E-state index contributed by atoms with van der Waals surface area (Å²) in [5.41, 5.74) is 13.0. The molecular weight excluding hydrogens is 508 g/mol. The van der Waals surface area contributed by atoms with Gasteiger partial charge in [-0.15, -0.1) is 0 Å². The Balaban J connectivity index is 1.27. The number of hydrogen-bond acceptors (Lipinski definition) is 1. The van der Waals surface area contributed by atoms with Gasteiger partial charge < -0.3 is 4.98 Å². The fourth-order valence-corrected chi connectivity index (χ4v) is 6.42. The van der Waals surface area contributed by atoms with Crippen molar-refractivity contribution in [3.63, 3.8) is 0 Å². The molecule has 0 fully saturated rings. The average Bonchev–Trinajstić information content (AvgIpc) is 3.53. The van der Waals surface area contributed by atoms with Crippen LogP contribution in [0, 0.1) is 5.41 Å². The van der Waals surface area contributed by atoms with Crippen LogP contribution in [-0.4, -0.2) is 9.97 Å². The van der Waals surface area contributed by atoms with Gasteiger partial charge in [0.2, 0.25) is 0 Å². The molecule has 2 aliphatic rings. The Labute approximate surface area is 246 Å². The molecule has 0 bridgehead atoms. The molecule has 2 nitrogen and oxygen atoms in total. The van der Waals surface area contributed by atoms with Gasteiger partial charge in [-0.05, 0) is 75.0 Å². The minimum atomic E-state index is 0.0518. The van der Waals surface area contributed by atoms with E-state index in [4.69, 9.17) is 4.98 Å². The van der Waals surface area contributed by atoms with Gasteiger partial charge in [-0.3, -0.25) is 0 Å². The van der Waals surface area contributed by atoms with Crippen molar-refractivity contribution in [1.29, 1.82) is 0 Å². The number of allylic oxidation sites excluding steroid dienone is 8. The number of fused-ring (bicyclic) bond motifs is 3. The number of rotatable bonds is 4. The minimum Gasteiger partial charge on any atom is -0.361 e. The second kappa shape index (κ2) is 9.71. The topological polar surface area (TPSA) is 28.7 Å². The van der Waals surface area contributed by atoms with Crippen LogP contribution in [-0.2, 0) is 0 Å². The second-order valence-electron chi connectivity index (χ2n) is 11.6. The number of aromatic nitrogens is 2. The van der Waals surface area contributed by atoms with Crippen molar-refractivity contribution < 1.29 is 0 Å². The Morgan fingerprint density at radius 1 is 0.714 bits per heavy atom. The van der Waals surface area contributed by atoms with Crippen LogP contribution < -0.4 is 0 Å². The predicted molar refractivity (Wildman–Crippen MR) is 177 cm³/mol. The first-order chi connectivity index (χ1) is 20.6. The number of aromatic amines is 1. The lowest BCUT2D eigenvalue weighted by atomic mass is 9.72. The highest BCUT2D eigenvalue weighted by Crippen LogP contribution is 2.43. The highest BCUT2D eigenvalue weighted by atomic mass is 14.7. The molecule has 0 aliphatic heterocycles. The molecule has 8 rings (SSSR count). The summed E-state index contributed by atoms with van der Waals surface area (Å²) >= 11 is 0. The zero-order valence-corrected chi connectivity index (χ0v) is 23.5. The van der Waals surface area contributed by atoms with Crippen LogP contribution in [0.25, 0.3) is 60.8 Å². The molecule has 1 atom stereocenters. The summed E-state index contributed by atoms with van der Waals surface area (Å²) in [5.74, 6) is 0. The quantitative estimate of drug-likeness (QED) is 0.238. The van der Waals surface area contributed by atoms with Gasteiger partial charge in [0.15, 0.2) is 0 Å². The van der Waals surface area contributed by atoms with E-state index >= 15 is 0 Å². The van der Waals surface area contributed by atoms with E-state index in [1.54, 1.807) is 0 Å². The van der Waals surface area contributed by atoms with E-state index in [-0.39, 0.29) is 5.41 Å². The van der Waals surface area contributed by atoms with Crippen molar-refractivity contribution in [2.45, 2.75) is 13.3 Å². The zero-order valence-electron chi connectivity index (χ0n) is 23.5. The van der Waals surface area contributed by atoms with Gasteiger partial charge in [-0.2, -0.15) is 0 Å². The van der Waals surface area contributed by atoms with E-state index < -0.39 is 0 Å². The van der Waals surface area contributed by atoms with Crippen LogP contribution >= 0.6 is 0 Å². The molecule has 200 valence electrons. The maximum Gasteiger partial charge on any atom is 0.0721 e. The summed E-state index contributed by atoms with van der Waals surface area (Å²) in [6.07, 6.45) is 16.5. The monoisotopic (exact) mass is 538 g/mol. The minimum absolute atomic E-state index is 0.0518. The number of para-hydroxylation sites is 1. The molecule has 2 aliphatic carbocycles. The molecule has 2 heteroatoms. The van der Waals surface area contributed by atoms with Crippen LogP contribution in [0.5, 0.6) is 0 Å². The lowest BCUT2D eigenvalue weighted by Gasteiger charge is -2.32. The van der Waals surface area contributed by atoms with Crippen molar-refractivity contribution in [2.75, 3.05) is 0 Å². The number of nitrogens with one attached hydrogen (secondary N) is 1. The number of H-pyrrole nitrogens is 1. The molecule has 4 aromatic carbocycles. The number of hydrogen-bond donors (Lipinski definition) is 1. The van der Waals surface area contributed by atoms with E-state index in [1.165, 1.54) is 55.4 Å². The van der Waals surface area contributed by atoms with Crippen LogP contribution in [0.1, 0.15) is 19.0 Å². The van der Waals surface area contributed by atoms with Crippen molar-refractivity contribution >= 4 is 27.4 Å². The average molecular weight is 539 g/mol. The van der Waals surface area contributed by atoms with Gasteiger partial charge in [-0.1, -0.05) is 122 Å². The third kappa shape index (κ3) is 4.15. The molecule has 42 heavy (non-hydrogen) atoms. The Kier molecular flexibility index (Phi) is 5.68. The van der Waals surface area contributed by atoms with E-state index in [2.05, 4.69) is 151 Å². The molecule has 0 spiro atoms. The molecule has 0 amide bonds.